The second-order valence-corrected chi connectivity index (χ2v) is 4.12. The predicted octanol–water partition coefficient (Wildman–Crippen LogP) is 1.59. The average molecular weight is 206 g/mol. The first-order valence-corrected chi connectivity index (χ1v) is 4.80. The summed E-state index contributed by atoms with van der Waals surface area (Å²) in [5, 5.41) is 6.09. The maximum Gasteiger partial charge on any atom is 0.255 e. The lowest BCUT2D eigenvalue weighted by Gasteiger charge is -2.34. The molecule has 4 heteroatoms. The van der Waals surface area contributed by atoms with Crippen molar-refractivity contribution in [3.8, 4) is 5.75 Å². The lowest BCUT2D eigenvalue weighted by molar-refractivity contribution is 0.0914. The molecule has 0 bridgehead atoms. The standard InChI is InChI=1S/C11H14N2O2/c1-11(2)12-9-6-7(15-3)4-5-8(9)10(14)13-11/h4-6,12H,1-3H3,(H,13,14). The third kappa shape index (κ3) is 1.75. The van der Waals surface area contributed by atoms with Gasteiger partial charge in [-0.2, -0.15) is 0 Å². The van der Waals surface area contributed by atoms with Gasteiger partial charge >= 0.3 is 0 Å². The van der Waals surface area contributed by atoms with Crippen LogP contribution in [0.1, 0.15) is 24.2 Å². The van der Waals surface area contributed by atoms with Crippen LogP contribution < -0.4 is 15.4 Å². The molecule has 4 nitrogen and oxygen atoms in total. The van der Waals surface area contributed by atoms with Crippen LogP contribution in [0.25, 0.3) is 0 Å². The Hall–Kier alpha value is -1.71. The van der Waals surface area contributed by atoms with Crippen molar-refractivity contribution < 1.29 is 9.53 Å². The molecule has 0 atom stereocenters. The molecule has 1 aromatic rings. The number of nitrogens with one attached hydrogen (secondary N) is 2. The van der Waals surface area contributed by atoms with Gasteiger partial charge in [-0.05, 0) is 26.0 Å². The molecule has 0 saturated heterocycles. The lowest BCUT2D eigenvalue weighted by Crippen LogP contribution is -2.53. The molecular weight excluding hydrogens is 192 g/mol. The SMILES string of the molecule is COc1ccc2c(c1)NC(C)(C)NC2=O. The molecule has 1 heterocycles. The van der Waals surface area contributed by atoms with Gasteiger partial charge in [-0.1, -0.05) is 0 Å². The Bertz CT molecular complexity index is 413. The van der Waals surface area contributed by atoms with Crippen molar-refractivity contribution >= 4 is 11.6 Å². The molecule has 0 fully saturated rings. The molecule has 2 rings (SSSR count). The minimum absolute atomic E-state index is 0.0589. The third-order valence-electron chi connectivity index (χ3n) is 2.34. The number of methoxy groups -OCH3 is 1. The molecule has 0 radical (unpaired) electrons. The zero-order valence-electron chi connectivity index (χ0n) is 9.05. The molecule has 0 aliphatic carbocycles. The first-order chi connectivity index (χ1) is 7.02. The minimum atomic E-state index is -0.420. The fourth-order valence-corrected chi connectivity index (χ4v) is 1.67. The summed E-state index contributed by atoms with van der Waals surface area (Å²) in [5.74, 6) is 0.683. The monoisotopic (exact) mass is 206 g/mol. The Morgan fingerprint density at radius 2 is 2.00 bits per heavy atom. The number of benzene rings is 1. The van der Waals surface area contributed by atoms with Gasteiger partial charge in [-0.3, -0.25) is 4.79 Å². The maximum atomic E-state index is 11.7. The number of carbonyl (C=O) groups is 1. The van der Waals surface area contributed by atoms with Gasteiger partial charge in [0.1, 0.15) is 11.4 Å². The van der Waals surface area contributed by atoms with Crippen LogP contribution in [-0.2, 0) is 0 Å². The van der Waals surface area contributed by atoms with E-state index in [2.05, 4.69) is 10.6 Å². The summed E-state index contributed by atoms with van der Waals surface area (Å²) in [7, 11) is 1.61. The number of carbonyl (C=O) groups excluding carboxylic acids is 1. The summed E-state index contributed by atoms with van der Waals surface area (Å²) in [6.45, 7) is 3.82. The molecule has 0 saturated carbocycles. The molecule has 1 aliphatic rings. The number of ether oxygens (including phenoxy) is 1. The van der Waals surface area contributed by atoms with Crippen LogP contribution in [-0.4, -0.2) is 18.7 Å². The van der Waals surface area contributed by atoms with Crippen LogP contribution >= 0.6 is 0 Å². The van der Waals surface area contributed by atoms with Gasteiger partial charge in [0.2, 0.25) is 0 Å². The Kier molecular flexibility index (Phi) is 2.07. The highest BCUT2D eigenvalue weighted by Crippen LogP contribution is 2.28. The molecule has 2 N–H and O–H groups in total. The summed E-state index contributed by atoms with van der Waals surface area (Å²) >= 11 is 0. The topological polar surface area (TPSA) is 50.4 Å². The van der Waals surface area contributed by atoms with Crippen LogP contribution in [0.5, 0.6) is 5.75 Å². The number of rotatable bonds is 1. The van der Waals surface area contributed by atoms with Crippen molar-refractivity contribution in [2.45, 2.75) is 19.5 Å². The number of hydrogen-bond acceptors (Lipinski definition) is 3. The summed E-state index contributed by atoms with van der Waals surface area (Å²) in [5.41, 5.74) is 1.04. The van der Waals surface area contributed by atoms with Gasteiger partial charge in [0, 0.05) is 6.07 Å². The largest absolute Gasteiger partial charge is 0.497 e. The van der Waals surface area contributed by atoms with E-state index in [1.54, 1.807) is 19.2 Å². The molecule has 15 heavy (non-hydrogen) atoms. The van der Waals surface area contributed by atoms with Crippen molar-refractivity contribution in [1.29, 1.82) is 0 Å². The number of fused-ring (bicyclic) bond motifs is 1. The van der Waals surface area contributed by atoms with Gasteiger partial charge < -0.3 is 15.4 Å². The van der Waals surface area contributed by atoms with Gasteiger partial charge in [-0.25, -0.2) is 0 Å². The van der Waals surface area contributed by atoms with Crippen LogP contribution in [0.2, 0.25) is 0 Å². The van der Waals surface area contributed by atoms with E-state index >= 15 is 0 Å². The fourth-order valence-electron chi connectivity index (χ4n) is 1.67. The van der Waals surface area contributed by atoms with Crippen molar-refractivity contribution in [1.82, 2.24) is 5.32 Å². The first-order valence-electron chi connectivity index (χ1n) is 4.80. The quantitative estimate of drug-likeness (QED) is 0.733. The zero-order valence-corrected chi connectivity index (χ0v) is 9.05. The molecule has 1 aromatic carbocycles. The van der Waals surface area contributed by atoms with Gasteiger partial charge in [0.15, 0.2) is 0 Å². The second kappa shape index (κ2) is 3.15. The van der Waals surface area contributed by atoms with Crippen molar-refractivity contribution in [3.05, 3.63) is 23.8 Å². The van der Waals surface area contributed by atoms with E-state index in [-0.39, 0.29) is 5.91 Å². The molecular formula is C11H14N2O2. The molecule has 1 amide bonds. The number of hydrogen-bond donors (Lipinski definition) is 2. The first kappa shape index (κ1) is 9.83. The van der Waals surface area contributed by atoms with E-state index in [0.29, 0.717) is 5.56 Å². The van der Waals surface area contributed by atoms with E-state index in [9.17, 15) is 4.79 Å². The second-order valence-electron chi connectivity index (χ2n) is 4.12. The highest BCUT2D eigenvalue weighted by Gasteiger charge is 2.28. The summed E-state index contributed by atoms with van der Waals surface area (Å²) in [6, 6.07) is 5.36. The molecule has 0 unspecified atom stereocenters. The molecule has 0 spiro atoms. The highest BCUT2D eigenvalue weighted by molar-refractivity contribution is 6.02. The minimum Gasteiger partial charge on any atom is -0.497 e. The Morgan fingerprint density at radius 1 is 1.27 bits per heavy atom. The fraction of sp³-hybridized carbons (Fsp3) is 0.364. The number of amides is 1. The summed E-state index contributed by atoms with van der Waals surface area (Å²) < 4.78 is 5.11. The van der Waals surface area contributed by atoms with Crippen LogP contribution in [0.3, 0.4) is 0 Å². The van der Waals surface area contributed by atoms with E-state index in [4.69, 9.17) is 4.74 Å². The van der Waals surface area contributed by atoms with E-state index in [1.807, 2.05) is 19.9 Å². The van der Waals surface area contributed by atoms with Crippen molar-refractivity contribution in [2.75, 3.05) is 12.4 Å². The Morgan fingerprint density at radius 3 is 2.67 bits per heavy atom. The lowest BCUT2D eigenvalue weighted by atomic mass is 10.0. The van der Waals surface area contributed by atoms with Gasteiger partial charge in [0.05, 0.1) is 18.4 Å². The van der Waals surface area contributed by atoms with E-state index < -0.39 is 5.66 Å². The van der Waals surface area contributed by atoms with Crippen LogP contribution in [0, 0.1) is 0 Å². The normalized spacial score (nSPS) is 17.4. The highest BCUT2D eigenvalue weighted by atomic mass is 16.5. The molecule has 1 aliphatic heterocycles. The van der Waals surface area contributed by atoms with E-state index in [0.717, 1.165) is 11.4 Å². The van der Waals surface area contributed by atoms with Gasteiger partial charge in [0.25, 0.3) is 5.91 Å². The maximum absolute atomic E-state index is 11.7. The summed E-state index contributed by atoms with van der Waals surface area (Å²) in [6.07, 6.45) is 0. The zero-order chi connectivity index (χ0) is 11.1. The van der Waals surface area contributed by atoms with Crippen molar-refractivity contribution in [3.63, 3.8) is 0 Å². The average Bonchev–Trinajstić information content (AvgIpc) is 2.14. The predicted molar refractivity (Wildman–Crippen MR) is 58.2 cm³/mol. The summed E-state index contributed by atoms with van der Waals surface area (Å²) in [4.78, 5) is 11.7. The van der Waals surface area contributed by atoms with Crippen LogP contribution in [0.4, 0.5) is 5.69 Å². The third-order valence-corrected chi connectivity index (χ3v) is 2.34. The van der Waals surface area contributed by atoms with Gasteiger partial charge in [-0.15, -0.1) is 0 Å². The van der Waals surface area contributed by atoms with Crippen molar-refractivity contribution in [2.24, 2.45) is 0 Å². The molecule has 0 aromatic heterocycles. The van der Waals surface area contributed by atoms with E-state index in [1.165, 1.54) is 0 Å². The van der Waals surface area contributed by atoms with Crippen LogP contribution in [0.15, 0.2) is 18.2 Å². The smallest absolute Gasteiger partial charge is 0.255 e. The number of anilines is 1. The Labute approximate surface area is 88.6 Å². The Balaban J connectivity index is 2.46. The molecule has 80 valence electrons.